The fourth-order valence-electron chi connectivity index (χ4n) is 4.50. The average Bonchev–Trinajstić information content (AvgIpc) is 3.21. The molecule has 33 heavy (non-hydrogen) atoms. The summed E-state index contributed by atoms with van der Waals surface area (Å²) in [6.45, 7) is 4.41. The van der Waals surface area contributed by atoms with Gasteiger partial charge in [-0.3, -0.25) is 4.99 Å². The Morgan fingerprint density at radius 2 is 1.61 bits per heavy atom. The number of benzene rings is 3. The predicted molar refractivity (Wildman–Crippen MR) is 146 cm³/mol. The van der Waals surface area contributed by atoms with Gasteiger partial charge in [0.05, 0.1) is 11.6 Å². The number of para-hydroxylation sites is 1. The first kappa shape index (κ1) is 22.0. The van der Waals surface area contributed by atoms with Gasteiger partial charge in [-0.15, -0.1) is 0 Å². The highest BCUT2D eigenvalue weighted by Gasteiger charge is 2.24. The van der Waals surface area contributed by atoms with E-state index in [-0.39, 0.29) is 6.04 Å². The molecular weight excluding hydrogens is 519 g/mol. The molecule has 0 fully saturated rings. The molecule has 0 amide bonds. The molecule has 2 unspecified atom stereocenters. The van der Waals surface area contributed by atoms with Crippen LogP contribution in [-0.4, -0.2) is 15.8 Å². The number of halogens is 1. The van der Waals surface area contributed by atoms with Gasteiger partial charge in [0.2, 0.25) is 0 Å². The normalized spacial score (nSPS) is 15.8. The molecule has 4 nitrogen and oxygen atoms in total. The van der Waals surface area contributed by atoms with E-state index in [2.05, 4.69) is 102 Å². The molecule has 4 aromatic rings. The molecule has 2 atom stereocenters. The van der Waals surface area contributed by atoms with Gasteiger partial charge in [0.25, 0.3) is 0 Å². The van der Waals surface area contributed by atoms with Crippen molar-refractivity contribution >= 4 is 45.1 Å². The topological polar surface area (TPSA) is 50.2 Å². The maximum absolute atomic E-state index is 5.06. The van der Waals surface area contributed by atoms with Crippen LogP contribution >= 0.6 is 22.6 Å². The van der Waals surface area contributed by atoms with Crippen LogP contribution in [0.3, 0.4) is 0 Å². The van der Waals surface area contributed by atoms with E-state index in [4.69, 9.17) is 15.0 Å². The summed E-state index contributed by atoms with van der Waals surface area (Å²) in [6, 6.07) is 25.4. The summed E-state index contributed by atoms with van der Waals surface area (Å²) in [5.74, 6) is 2.44. The van der Waals surface area contributed by atoms with Gasteiger partial charge >= 0.3 is 0 Å². The molecule has 1 aromatic heterocycles. The minimum absolute atomic E-state index is 0.186. The molecule has 5 heteroatoms. The van der Waals surface area contributed by atoms with E-state index in [1.807, 2.05) is 12.1 Å². The first-order chi connectivity index (χ1) is 16.2. The third-order valence-corrected chi connectivity index (χ3v) is 7.46. The number of anilines is 1. The minimum atomic E-state index is 0.186. The van der Waals surface area contributed by atoms with Crippen molar-refractivity contribution < 1.29 is 0 Å². The zero-order valence-electron chi connectivity index (χ0n) is 18.9. The zero-order chi connectivity index (χ0) is 22.8. The molecule has 1 aliphatic rings. The Morgan fingerprint density at radius 1 is 0.879 bits per heavy atom. The van der Waals surface area contributed by atoms with E-state index in [0.29, 0.717) is 3.92 Å². The molecule has 166 valence electrons. The lowest BCUT2D eigenvalue weighted by molar-refractivity contribution is 0.716. The Hall–Kier alpha value is -2.80. The molecule has 0 saturated carbocycles. The fourth-order valence-corrected chi connectivity index (χ4v) is 5.66. The summed E-state index contributed by atoms with van der Waals surface area (Å²) in [6.07, 6.45) is 3.24. The predicted octanol–water partition coefficient (Wildman–Crippen LogP) is 7.90. The number of hydrogen-bond acceptors (Lipinski definition) is 4. The van der Waals surface area contributed by atoms with Crippen LogP contribution < -0.4 is 5.32 Å². The number of fused-ring (bicyclic) bond motifs is 2. The Bertz CT molecular complexity index is 1330. The number of rotatable bonds is 6. The molecule has 0 aliphatic carbocycles. The summed E-state index contributed by atoms with van der Waals surface area (Å²) >= 11 is 2.54. The highest BCUT2D eigenvalue weighted by atomic mass is 127. The first-order valence-corrected chi connectivity index (χ1v) is 12.9. The van der Waals surface area contributed by atoms with E-state index in [0.717, 1.165) is 58.8 Å². The third-order valence-electron chi connectivity index (χ3n) is 6.17. The number of nitrogens with one attached hydrogen (secondary N) is 1. The second kappa shape index (κ2) is 9.59. The Kier molecular flexibility index (Phi) is 6.40. The Balaban J connectivity index is 1.62. The molecule has 1 aliphatic heterocycles. The van der Waals surface area contributed by atoms with Gasteiger partial charge in [0.1, 0.15) is 11.7 Å². The highest BCUT2D eigenvalue weighted by molar-refractivity contribution is 14.1. The number of aliphatic imine (C=N–C) groups is 1. The van der Waals surface area contributed by atoms with Gasteiger partial charge < -0.3 is 5.32 Å². The third kappa shape index (κ3) is 4.26. The van der Waals surface area contributed by atoms with E-state index >= 15 is 0 Å². The Labute approximate surface area is 208 Å². The molecule has 0 spiro atoms. The molecule has 0 radical (unpaired) electrons. The standard InChI is InChI=1S/C28H27IN4/c1-3-11-23(29)18-12-5-7-14-20(18)26-31-25-17-10-9-16-22(25)28(32-26)33-27-21-15-8-6-13-19(21)24(4-2)30-27/h5-10,12-17,23-24H,3-4,11H2,1-2H3,(H,30,31,32,33). The van der Waals surface area contributed by atoms with Gasteiger partial charge in [0, 0.05) is 20.4 Å². The van der Waals surface area contributed by atoms with Crippen LogP contribution in [0.1, 0.15) is 59.8 Å². The molecule has 5 rings (SSSR count). The van der Waals surface area contributed by atoms with Crippen LogP contribution in [0.4, 0.5) is 5.82 Å². The second-order valence-corrected chi connectivity index (χ2v) is 9.87. The summed E-state index contributed by atoms with van der Waals surface area (Å²) in [5.41, 5.74) is 5.75. The Morgan fingerprint density at radius 3 is 2.42 bits per heavy atom. The quantitative estimate of drug-likeness (QED) is 0.198. The van der Waals surface area contributed by atoms with E-state index in [1.54, 1.807) is 0 Å². The summed E-state index contributed by atoms with van der Waals surface area (Å²) in [5, 5.41) is 4.58. The van der Waals surface area contributed by atoms with Crippen LogP contribution in [0.15, 0.2) is 77.8 Å². The van der Waals surface area contributed by atoms with Crippen molar-refractivity contribution in [3.63, 3.8) is 0 Å². The number of aromatic nitrogens is 2. The van der Waals surface area contributed by atoms with Gasteiger partial charge in [-0.05, 0) is 36.1 Å². The number of nitrogens with zero attached hydrogens (tertiary/aromatic N) is 3. The SMILES string of the molecule is CCCC(I)c1ccccc1-c1nc(NC2=NC(CC)c3ccccc32)c2ccccc2n1. The van der Waals surface area contributed by atoms with Gasteiger partial charge in [-0.25, -0.2) is 9.97 Å². The lowest BCUT2D eigenvalue weighted by atomic mass is 10.0. The second-order valence-electron chi connectivity index (χ2n) is 8.37. The molecule has 1 N–H and O–H groups in total. The summed E-state index contributed by atoms with van der Waals surface area (Å²) in [7, 11) is 0. The van der Waals surface area contributed by atoms with E-state index < -0.39 is 0 Å². The van der Waals surface area contributed by atoms with E-state index in [9.17, 15) is 0 Å². The molecule has 3 aromatic carbocycles. The van der Waals surface area contributed by atoms with Crippen molar-refractivity contribution in [3.05, 3.63) is 89.5 Å². The summed E-state index contributed by atoms with van der Waals surface area (Å²) in [4.78, 5) is 15.0. The molecule has 0 bridgehead atoms. The van der Waals surface area contributed by atoms with Crippen molar-refractivity contribution in [1.29, 1.82) is 0 Å². The van der Waals surface area contributed by atoms with Crippen molar-refractivity contribution in [2.45, 2.75) is 43.1 Å². The minimum Gasteiger partial charge on any atom is -0.324 e. The van der Waals surface area contributed by atoms with Crippen molar-refractivity contribution in [1.82, 2.24) is 9.97 Å². The van der Waals surface area contributed by atoms with Crippen LogP contribution in [0, 0.1) is 0 Å². The number of hydrogen-bond donors (Lipinski definition) is 1. The molecule has 2 heterocycles. The van der Waals surface area contributed by atoms with Crippen LogP contribution in [0.5, 0.6) is 0 Å². The van der Waals surface area contributed by atoms with Crippen LogP contribution in [-0.2, 0) is 0 Å². The fraction of sp³-hybridized carbons (Fsp3) is 0.250. The zero-order valence-corrected chi connectivity index (χ0v) is 21.1. The maximum atomic E-state index is 5.06. The molecular formula is C28H27IN4. The first-order valence-electron chi connectivity index (χ1n) is 11.6. The van der Waals surface area contributed by atoms with Gasteiger partial charge in [-0.1, -0.05) is 104 Å². The molecule has 0 saturated heterocycles. The van der Waals surface area contributed by atoms with Crippen LogP contribution in [0.2, 0.25) is 0 Å². The van der Waals surface area contributed by atoms with Crippen molar-refractivity contribution in [2.75, 3.05) is 5.32 Å². The van der Waals surface area contributed by atoms with Crippen molar-refractivity contribution in [2.24, 2.45) is 4.99 Å². The number of amidine groups is 1. The highest BCUT2D eigenvalue weighted by Crippen LogP contribution is 2.37. The maximum Gasteiger partial charge on any atom is 0.162 e. The van der Waals surface area contributed by atoms with Gasteiger partial charge in [-0.2, -0.15) is 0 Å². The van der Waals surface area contributed by atoms with Crippen LogP contribution in [0.25, 0.3) is 22.3 Å². The largest absolute Gasteiger partial charge is 0.324 e. The smallest absolute Gasteiger partial charge is 0.162 e. The lowest BCUT2D eigenvalue weighted by Crippen LogP contribution is -2.14. The summed E-state index contributed by atoms with van der Waals surface area (Å²) < 4.78 is 0.423. The monoisotopic (exact) mass is 546 g/mol. The van der Waals surface area contributed by atoms with Crippen molar-refractivity contribution in [3.8, 4) is 11.4 Å². The van der Waals surface area contributed by atoms with E-state index in [1.165, 1.54) is 11.1 Å². The number of alkyl halides is 1. The lowest BCUT2D eigenvalue weighted by Gasteiger charge is -2.16. The van der Waals surface area contributed by atoms with Gasteiger partial charge in [0.15, 0.2) is 5.82 Å². The average molecular weight is 546 g/mol.